The molecule has 0 atom stereocenters. The van der Waals surface area contributed by atoms with Crippen LogP contribution in [0.2, 0.25) is 0 Å². The van der Waals surface area contributed by atoms with Gasteiger partial charge in [-0.25, -0.2) is 23.7 Å². The first-order valence-corrected chi connectivity index (χ1v) is 13.7. The lowest BCUT2D eigenvalue weighted by Crippen LogP contribution is -2.36. The molecule has 9 nitrogen and oxygen atoms in total. The standard InChI is InChI=1S/C30H32F2N6O3/c1-16-23(38-14-6-9-21(27(38)33-16)41-15-18-19(31)7-5-8-20(18)32)26-35-24(34-17-10-12-30(4,40)13-11-17)22-25(36-26)37-28(39)29(22,2)3/h5-9,14,17,40H,10-13,15H2,1-4H3,(H2,34,35,36,37,39). The number of halogens is 2. The van der Waals surface area contributed by atoms with Crippen molar-refractivity contribution in [2.24, 2.45) is 0 Å². The second-order valence-corrected chi connectivity index (χ2v) is 11.7. The van der Waals surface area contributed by atoms with Gasteiger partial charge in [-0.3, -0.25) is 9.20 Å². The second kappa shape index (κ2) is 9.76. The van der Waals surface area contributed by atoms with Crippen molar-refractivity contribution in [3.05, 3.63) is 65.0 Å². The van der Waals surface area contributed by atoms with Gasteiger partial charge in [-0.05, 0) is 77.6 Å². The number of aliphatic hydroxyl groups is 1. The number of carbonyl (C=O) groups excluding carboxylic acids is 1. The minimum absolute atomic E-state index is 0.0793. The van der Waals surface area contributed by atoms with Crippen molar-refractivity contribution >= 4 is 23.2 Å². The molecule has 3 aromatic heterocycles. The molecule has 11 heteroatoms. The van der Waals surface area contributed by atoms with Crippen molar-refractivity contribution in [1.29, 1.82) is 0 Å². The molecule has 0 unspecified atom stereocenters. The Morgan fingerprint density at radius 2 is 1.80 bits per heavy atom. The lowest BCUT2D eigenvalue weighted by atomic mass is 9.83. The van der Waals surface area contributed by atoms with Crippen LogP contribution in [0, 0.1) is 18.6 Å². The summed E-state index contributed by atoms with van der Waals surface area (Å²) in [5.74, 6) is 0.163. The lowest BCUT2D eigenvalue weighted by molar-refractivity contribution is -0.119. The maximum absolute atomic E-state index is 14.2. The smallest absolute Gasteiger partial charge is 0.235 e. The zero-order chi connectivity index (χ0) is 29.1. The molecule has 214 valence electrons. The maximum atomic E-state index is 14.2. The molecule has 1 aliphatic heterocycles. The number of benzene rings is 1. The van der Waals surface area contributed by atoms with Crippen LogP contribution in [0.3, 0.4) is 0 Å². The van der Waals surface area contributed by atoms with Gasteiger partial charge < -0.3 is 20.5 Å². The quantitative estimate of drug-likeness (QED) is 0.293. The number of rotatable bonds is 6. The van der Waals surface area contributed by atoms with Crippen molar-refractivity contribution in [2.75, 3.05) is 10.6 Å². The topological polar surface area (TPSA) is 114 Å². The molecule has 0 saturated heterocycles. The van der Waals surface area contributed by atoms with Crippen LogP contribution in [0.25, 0.3) is 17.2 Å². The van der Waals surface area contributed by atoms with Gasteiger partial charge in [0.1, 0.15) is 35.6 Å². The van der Waals surface area contributed by atoms with Crippen LogP contribution in [0.4, 0.5) is 20.4 Å². The van der Waals surface area contributed by atoms with E-state index < -0.39 is 22.7 Å². The van der Waals surface area contributed by atoms with Crippen molar-refractivity contribution < 1.29 is 23.4 Å². The Balaban J connectivity index is 1.40. The summed E-state index contributed by atoms with van der Waals surface area (Å²) in [4.78, 5) is 27.3. The minimum atomic E-state index is -0.839. The molecule has 1 amide bonds. The van der Waals surface area contributed by atoms with Crippen LogP contribution >= 0.6 is 0 Å². The highest BCUT2D eigenvalue weighted by Crippen LogP contribution is 2.43. The van der Waals surface area contributed by atoms with E-state index in [1.54, 1.807) is 22.7 Å². The summed E-state index contributed by atoms with van der Waals surface area (Å²) in [6, 6.07) is 7.19. The van der Waals surface area contributed by atoms with E-state index in [1.807, 2.05) is 27.7 Å². The van der Waals surface area contributed by atoms with E-state index in [2.05, 4.69) is 15.6 Å². The number of fused-ring (bicyclic) bond motifs is 2. The number of hydrogen-bond donors (Lipinski definition) is 3. The van der Waals surface area contributed by atoms with Crippen molar-refractivity contribution in [2.45, 2.75) is 77.0 Å². The number of ether oxygens (including phenoxy) is 1. The average Bonchev–Trinajstić information content (AvgIpc) is 3.37. The molecule has 2 aliphatic rings. The third-order valence-electron chi connectivity index (χ3n) is 8.17. The number of anilines is 2. The Morgan fingerprint density at radius 3 is 2.51 bits per heavy atom. The highest BCUT2D eigenvalue weighted by Gasteiger charge is 2.43. The first kappa shape index (κ1) is 27.1. The molecule has 1 fully saturated rings. The normalized spacial score (nSPS) is 21.5. The maximum Gasteiger partial charge on any atom is 0.235 e. The van der Waals surface area contributed by atoms with Gasteiger partial charge >= 0.3 is 0 Å². The van der Waals surface area contributed by atoms with Gasteiger partial charge in [0.15, 0.2) is 17.2 Å². The Hall–Kier alpha value is -4.12. The monoisotopic (exact) mass is 562 g/mol. The Morgan fingerprint density at radius 1 is 1.10 bits per heavy atom. The molecule has 1 aliphatic carbocycles. The molecule has 4 aromatic rings. The fraction of sp³-hybridized carbons (Fsp3) is 0.400. The predicted molar refractivity (Wildman–Crippen MR) is 150 cm³/mol. The predicted octanol–water partition coefficient (Wildman–Crippen LogP) is 5.29. The summed E-state index contributed by atoms with van der Waals surface area (Å²) in [7, 11) is 0. The molecular formula is C30H32F2N6O3. The number of aromatic nitrogens is 4. The number of amides is 1. The number of nitrogens with zero attached hydrogens (tertiary/aromatic N) is 4. The van der Waals surface area contributed by atoms with Gasteiger partial charge in [-0.1, -0.05) is 6.07 Å². The Kier molecular flexibility index (Phi) is 6.44. The van der Waals surface area contributed by atoms with E-state index in [-0.39, 0.29) is 24.1 Å². The summed E-state index contributed by atoms with van der Waals surface area (Å²) in [6.45, 7) is 7.05. The molecule has 6 rings (SSSR count). The van der Waals surface area contributed by atoms with Crippen LogP contribution < -0.4 is 15.4 Å². The molecule has 0 bridgehead atoms. The summed E-state index contributed by atoms with van der Waals surface area (Å²) in [6.07, 6.45) is 4.65. The summed E-state index contributed by atoms with van der Waals surface area (Å²) in [5.41, 5.74) is 0.659. The number of hydrogen-bond acceptors (Lipinski definition) is 7. The molecule has 0 spiro atoms. The fourth-order valence-corrected chi connectivity index (χ4v) is 5.67. The average molecular weight is 563 g/mol. The SMILES string of the molecule is Cc1nc2c(OCc3c(F)cccc3F)cccn2c1-c1nc2c(c(NC3CCC(C)(O)CC3)n1)C(C)(C)C(=O)N2. The van der Waals surface area contributed by atoms with Gasteiger partial charge in [-0.2, -0.15) is 0 Å². The van der Waals surface area contributed by atoms with Gasteiger partial charge in [0.2, 0.25) is 5.91 Å². The largest absolute Gasteiger partial charge is 0.485 e. The summed E-state index contributed by atoms with van der Waals surface area (Å²) < 4.78 is 36.0. The van der Waals surface area contributed by atoms with E-state index in [0.717, 1.165) is 12.8 Å². The van der Waals surface area contributed by atoms with E-state index in [1.165, 1.54) is 18.2 Å². The van der Waals surface area contributed by atoms with E-state index in [4.69, 9.17) is 14.7 Å². The van der Waals surface area contributed by atoms with E-state index in [9.17, 15) is 18.7 Å². The zero-order valence-corrected chi connectivity index (χ0v) is 23.4. The molecule has 41 heavy (non-hydrogen) atoms. The van der Waals surface area contributed by atoms with Gasteiger partial charge in [-0.15, -0.1) is 0 Å². The first-order valence-electron chi connectivity index (χ1n) is 13.7. The van der Waals surface area contributed by atoms with Crippen LogP contribution in [0.5, 0.6) is 5.75 Å². The number of nitrogens with one attached hydrogen (secondary N) is 2. The molecule has 4 heterocycles. The van der Waals surface area contributed by atoms with Crippen LogP contribution in [0.15, 0.2) is 36.5 Å². The third-order valence-corrected chi connectivity index (χ3v) is 8.17. The van der Waals surface area contributed by atoms with Crippen molar-refractivity contribution in [3.8, 4) is 17.3 Å². The van der Waals surface area contributed by atoms with Gasteiger partial charge in [0, 0.05) is 12.2 Å². The molecule has 1 saturated carbocycles. The fourth-order valence-electron chi connectivity index (χ4n) is 5.67. The van der Waals surface area contributed by atoms with Crippen LogP contribution in [0.1, 0.15) is 63.3 Å². The highest BCUT2D eigenvalue weighted by molar-refractivity contribution is 6.06. The number of aryl methyl sites for hydroxylation is 1. The molecule has 0 radical (unpaired) electrons. The third kappa shape index (κ3) is 4.77. The van der Waals surface area contributed by atoms with Gasteiger partial charge in [0.05, 0.1) is 27.8 Å². The van der Waals surface area contributed by atoms with Crippen molar-refractivity contribution in [1.82, 2.24) is 19.4 Å². The zero-order valence-electron chi connectivity index (χ0n) is 23.4. The number of carbonyl (C=O) groups is 1. The first-order chi connectivity index (χ1) is 19.4. The summed E-state index contributed by atoms with van der Waals surface area (Å²) >= 11 is 0. The minimum Gasteiger partial charge on any atom is -0.485 e. The Bertz CT molecular complexity index is 1650. The van der Waals surface area contributed by atoms with Crippen molar-refractivity contribution in [3.63, 3.8) is 0 Å². The van der Waals surface area contributed by atoms with E-state index >= 15 is 0 Å². The van der Waals surface area contributed by atoms with Crippen LogP contribution in [-0.4, -0.2) is 42.0 Å². The molecule has 1 aromatic carbocycles. The highest BCUT2D eigenvalue weighted by atomic mass is 19.1. The van der Waals surface area contributed by atoms with Crippen LogP contribution in [-0.2, 0) is 16.8 Å². The second-order valence-electron chi connectivity index (χ2n) is 11.7. The molecule has 3 N–H and O–H groups in total. The summed E-state index contributed by atoms with van der Waals surface area (Å²) in [5, 5.41) is 16.9. The Labute approximate surface area is 236 Å². The van der Waals surface area contributed by atoms with E-state index in [0.29, 0.717) is 58.6 Å². The molecular weight excluding hydrogens is 530 g/mol. The number of pyridine rings is 1. The number of imidazole rings is 1. The van der Waals surface area contributed by atoms with Gasteiger partial charge in [0.25, 0.3) is 0 Å². The lowest BCUT2D eigenvalue weighted by Gasteiger charge is -2.34.